The molecule has 3 aromatic carbocycles. The van der Waals surface area contributed by atoms with Crippen LogP contribution in [0.3, 0.4) is 0 Å². The highest BCUT2D eigenvalue weighted by atomic mass is 16.5. The van der Waals surface area contributed by atoms with Gasteiger partial charge in [0.2, 0.25) is 0 Å². The summed E-state index contributed by atoms with van der Waals surface area (Å²) in [6, 6.07) is 16.5. The number of nitrogens with one attached hydrogen (secondary N) is 1. The highest BCUT2D eigenvalue weighted by Crippen LogP contribution is 2.36. The fourth-order valence-corrected chi connectivity index (χ4v) is 3.41. The third kappa shape index (κ3) is 3.38. The van der Waals surface area contributed by atoms with E-state index in [1.807, 2.05) is 30.3 Å². The van der Waals surface area contributed by atoms with Crippen LogP contribution in [0, 0.1) is 0 Å². The third-order valence-corrected chi connectivity index (χ3v) is 4.78. The van der Waals surface area contributed by atoms with Crippen LogP contribution in [0.1, 0.15) is 15.9 Å². The van der Waals surface area contributed by atoms with Crippen LogP contribution in [0.5, 0.6) is 11.5 Å². The van der Waals surface area contributed by atoms with Crippen molar-refractivity contribution < 1.29 is 19.1 Å². The number of carbonyl (C=O) groups is 2. The Kier molecular flexibility index (Phi) is 4.87. The van der Waals surface area contributed by atoms with E-state index in [-0.39, 0.29) is 12.5 Å². The number of ether oxygens (including phenoxy) is 2. The van der Waals surface area contributed by atoms with Crippen LogP contribution < -0.4 is 19.8 Å². The normalized spacial score (nSPS) is 12.6. The SMILES string of the molecule is COc1ccc(/C=N\NC(=O)CN2C(=O)c3cccc4cccc2c34)c(OC)c1. The monoisotopic (exact) mass is 389 g/mol. The van der Waals surface area contributed by atoms with Crippen molar-refractivity contribution in [2.45, 2.75) is 0 Å². The van der Waals surface area contributed by atoms with Crippen LogP contribution in [0.2, 0.25) is 0 Å². The van der Waals surface area contributed by atoms with Crippen molar-refractivity contribution in [1.29, 1.82) is 0 Å². The van der Waals surface area contributed by atoms with Crippen molar-refractivity contribution in [3.05, 3.63) is 65.7 Å². The molecule has 3 aromatic rings. The summed E-state index contributed by atoms with van der Waals surface area (Å²) in [6.07, 6.45) is 1.48. The number of hydrazone groups is 1. The Hall–Kier alpha value is -3.87. The molecule has 29 heavy (non-hydrogen) atoms. The Morgan fingerprint density at radius 2 is 1.90 bits per heavy atom. The lowest BCUT2D eigenvalue weighted by Crippen LogP contribution is -2.37. The summed E-state index contributed by atoms with van der Waals surface area (Å²) >= 11 is 0. The summed E-state index contributed by atoms with van der Waals surface area (Å²) in [5.41, 5.74) is 4.49. The van der Waals surface area contributed by atoms with Crippen LogP contribution in [0.15, 0.2) is 59.7 Å². The highest BCUT2D eigenvalue weighted by Gasteiger charge is 2.30. The van der Waals surface area contributed by atoms with Gasteiger partial charge in [0, 0.05) is 22.6 Å². The maximum atomic E-state index is 12.7. The molecule has 7 nitrogen and oxygen atoms in total. The molecule has 0 unspecified atom stereocenters. The topological polar surface area (TPSA) is 80.2 Å². The van der Waals surface area contributed by atoms with Gasteiger partial charge in [-0.25, -0.2) is 5.43 Å². The molecule has 146 valence electrons. The van der Waals surface area contributed by atoms with Gasteiger partial charge in [0.1, 0.15) is 18.0 Å². The number of hydrogen-bond acceptors (Lipinski definition) is 5. The maximum Gasteiger partial charge on any atom is 0.260 e. The summed E-state index contributed by atoms with van der Waals surface area (Å²) in [5, 5.41) is 5.83. The van der Waals surface area contributed by atoms with Crippen molar-refractivity contribution in [2.75, 3.05) is 25.7 Å². The lowest BCUT2D eigenvalue weighted by molar-refractivity contribution is -0.119. The molecule has 0 spiro atoms. The Balaban J connectivity index is 1.47. The predicted molar refractivity (Wildman–Crippen MR) is 111 cm³/mol. The van der Waals surface area contributed by atoms with Gasteiger partial charge in [-0.05, 0) is 29.7 Å². The maximum absolute atomic E-state index is 12.7. The molecule has 0 saturated heterocycles. The smallest absolute Gasteiger partial charge is 0.260 e. The second-order valence-electron chi connectivity index (χ2n) is 6.47. The van der Waals surface area contributed by atoms with Crippen LogP contribution in [-0.4, -0.2) is 38.8 Å². The molecular weight excluding hydrogens is 370 g/mol. The van der Waals surface area contributed by atoms with E-state index in [1.54, 1.807) is 38.5 Å². The summed E-state index contributed by atoms with van der Waals surface area (Å²) in [5.74, 6) is 0.642. The van der Waals surface area contributed by atoms with Gasteiger partial charge in [-0.3, -0.25) is 14.5 Å². The molecule has 0 fully saturated rings. The molecule has 0 saturated carbocycles. The first-order chi connectivity index (χ1) is 14.1. The van der Waals surface area contributed by atoms with Gasteiger partial charge in [-0.2, -0.15) is 5.10 Å². The number of amides is 2. The number of carbonyl (C=O) groups excluding carboxylic acids is 2. The zero-order valence-corrected chi connectivity index (χ0v) is 16.0. The molecule has 2 amide bonds. The van der Waals surface area contributed by atoms with Crippen molar-refractivity contribution in [2.24, 2.45) is 5.10 Å². The molecule has 1 N–H and O–H groups in total. The van der Waals surface area contributed by atoms with Gasteiger partial charge in [0.15, 0.2) is 0 Å². The van der Waals surface area contributed by atoms with Gasteiger partial charge < -0.3 is 9.47 Å². The quantitative estimate of drug-likeness (QED) is 0.519. The minimum atomic E-state index is -0.396. The van der Waals surface area contributed by atoms with Gasteiger partial charge in [-0.15, -0.1) is 0 Å². The zero-order valence-electron chi connectivity index (χ0n) is 16.0. The Bertz CT molecular complexity index is 1130. The van der Waals surface area contributed by atoms with Gasteiger partial charge in [0.25, 0.3) is 11.8 Å². The van der Waals surface area contributed by atoms with E-state index < -0.39 is 5.91 Å². The molecule has 0 atom stereocenters. The second-order valence-corrected chi connectivity index (χ2v) is 6.47. The van der Waals surface area contributed by atoms with Crippen LogP contribution in [0.4, 0.5) is 5.69 Å². The van der Waals surface area contributed by atoms with Crippen LogP contribution in [0.25, 0.3) is 10.8 Å². The first-order valence-electron chi connectivity index (χ1n) is 9.00. The molecule has 1 aliphatic heterocycles. The molecule has 4 rings (SSSR count). The van der Waals surface area contributed by atoms with E-state index in [0.717, 1.165) is 16.5 Å². The fourth-order valence-electron chi connectivity index (χ4n) is 3.41. The average Bonchev–Trinajstić information content (AvgIpc) is 3.02. The minimum absolute atomic E-state index is 0.121. The number of nitrogens with zero attached hydrogens (tertiary/aromatic N) is 2. The van der Waals surface area contributed by atoms with Gasteiger partial charge >= 0.3 is 0 Å². The highest BCUT2D eigenvalue weighted by molar-refractivity contribution is 6.26. The fraction of sp³-hybridized carbons (Fsp3) is 0.136. The summed E-state index contributed by atoms with van der Waals surface area (Å²) in [4.78, 5) is 26.6. The lowest BCUT2D eigenvalue weighted by atomic mass is 10.1. The molecular formula is C22H19N3O4. The number of hydrogen-bond donors (Lipinski definition) is 1. The number of benzene rings is 3. The van der Waals surface area contributed by atoms with Crippen LogP contribution >= 0.6 is 0 Å². The average molecular weight is 389 g/mol. The Morgan fingerprint density at radius 3 is 2.66 bits per heavy atom. The Labute approximate surface area is 167 Å². The van der Waals surface area contributed by atoms with Crippen LogP contribution in [-0.2, 0) is 4.79 Å². The molecule has 7 heteroatoms. The molecule has 1 heterocycles. The van der Waals surface area contributed by atoms with E-state index in [1.165, 1.54) is 11.1 Å². The molecule has 0 aromatic heterocycles. The van der Waals surface area contributed by atoms with E-state index in [2.05, 4.69) is 10.5 Å². The standard InChI is InChI=1S/C22H19N3O4/c1-28-16-10-9-15(19(11-16)29-2)12-23-24-20(26)13-25-18-8-4-6-14-5-3-7-17(21(14)18)22(25)27/h3-12H,13H2,1-2H3,(H,24,26)/b23-12-. The van der Waals surface area contributed by atoms with E-state index in [9.17, 15) is 9.59 Å². The first-order valence-corrected chi connectivity index (χ1v) is 9.00. The molecule has 0 bridgehead atoms. The zero-order chi connectivity index (χ0) is 20.4. The molecule has 0 aliphatic carbocycles. The van der Waals surface area contributed by atoms with Crippen molar-refractivity contribution in [3.63, 3.8) is 0 Å². The summed E-state index contributed by atoms with van der Waals surface area (Å²) < 4.78 is 10.5. The third-order valence-electron chi connectivity index (χ3n) is 4.78. The lowest BCUT2D eigenvalue weighted by Gasteiger charge is -2.16. The Morgan fingerprint density at radius 1 is 1.10 bits per heavy atom. The summed E-state index contributed by atoms with van der Waals surface area (Å²) in [7, 11) is 3.11. The van der Waals surface area contributed by atoms with Crippen molar-refractivity contribution >= 4 is 34.5 Å². The predicted octanol–water partition coefficient (Wildman–Crippen LogP) is 2.97. The van der Waals surface area contributed by atoms with Gasteiger partial charge in [-0.1, -0.05) is 24.3 Å². The minimum Gasteiger partial charge on any atom is -0.497 e. The molecule has 0 radical (unpaired) electrons. The second kappa shape index (κ2) is 7.63. The summed E-state index contributed by atoms with van der Waals surface area (Å²) in [6.45, 7) is -0.121. The van der Waals surface area contributed by atoms with E-state index in [4.69, 9.17) is 9.47 Å². The first kappa shape index (κ1) is 18.5. The molecule has 1 aliphatic rings. The number of anilines is 1. The number of methoxy groups -OCH3 is 2. The number of rotatable bonds is 6. The van der Waals surface area contributed by atoms with E-state index in [0.29, 0.717) is 22.6 Å². The van der Waals surface area contributed by atoms with Crippen molar-refractivity contribution in [1.82, 2.24) is 5.43 Å². The van der Waals surface area contributed by atoms with Gasteiger partial charge in [0.05, 0.1) is 26.1 Å². The van der Waals surface area contributed by atoms with Crippen molar-refractivity contribution in [3.8, 4) is 11.5 Å². The largest absolute Gasteiger partial charge is 0.497 e. The van der Waals surface area contributed by atoms with E-state index >= 15 is 0 Å².